The van der Waals surface area contributed by atoms with Crippen molar-refractivity contribution >= 4 is 221 Å². The predicted molar refractivity (Wildman–Crippen MR) is 497 cm³/mol. The Morgan fingerprint density at radius 1 is 0.411 bits per heavy atom. The largest absolute Gasteiger partial charge is 0.464 e. The zero-order chi connectivity index (χ0) is 94.1. The van der Waals surface area contributed by atoms with Crippen LogP contribution in [0.2, 0.25) is 0 Å². The van der Waals surface area contributed by atoms with Gasteiger partial charge in [-0.15, -0.1) is 46.4 Å². The maximum atomic E-state index is 11.7. The lowest BCUT2D eigenvalue weighted by molar-refractivity contribution is -0.140. The number of hydrogen-bond donors (Lipinski definition) is 7. The van der Waals surface area contributed by atoms with Gasteiger partial charge in [0.25, 0.3) is 0 Å². The van der Waals surface area contributed by atoms with Crippen LogP contribution < -0.4 is 37.6 Å². The Morgan fingerprint density at radius 2 is 0.669 bits per heavy atom. The molecule has 8 heterocycles. The molecule has 8 rings (SSSR count). The summed E-state index contributed by atoms with van der Waals surface area (Å²) >= 11 is 31.6. The van der Waals surface area contributed by atoms with Crippen LogP contribution in [0.5, 0.6) is 0 Å². The van der Waals surface area contributed by atoms with Gasteiger partial charge in [-0.25, -0.2) is 74.6 Å². The highest BCUT2D eigenvalue weighted by Gasteiger charge is 2.27. The first-order valence-corrected chi connectivity index (χ1v) is 42.3. The van der Waals surface area contributed by atoms with Crippen LogP contribution >= 0.6 is 110 Å². The summed E-state index contributed by atoms with van der Waals surface area (Å²) < 4.78 is 15.3. The fraction of sp³-hybridized carbons (Fsp3) is 0.500. The van der Waals surface area contributed by atoms with Crippen molar-refractivity contribution in [3.8, 4) is 0 Å². The Morgan fingerprint density at radius 3 is 0.871 bits per heavy atom. The van der Waals surface area contributed by atoms with Crippen molar-refractivity contribution in [2.45, 2.75) is 184 Å². The number of carbonyl (C=O) groups is 12. The first-order chi connectivity index (χ1) is 56.4. The van der Waals surface area contributed by atoms with E-state index in [4.69, 9.17) is 56.9 Å². The average Bonchev–Trinajstić information content (AvgIpc) is 0.889. The molecule has 36 nitrogen and oxygen atoms in total. The summed E-state index contributed by atoms with van der Waals surface area (Å²) in [5.41, 5.74) is 3.30. The van der Waals surface area contributed by atoms with Crippen LogP contribution in [0.1, 0.15) is 232 Å². The number of nitrogens with zero attached hydrogens (tertiary/aromatic N) is 14. The summed E-state index contributed by atoms with van der Waals surface area (Å²) in [6.45, 7) is 38.8. The SMILES string of the molecule is C.C.C1CCOC1.CC(=O)OCC(=O)c1cnc(NC(=O)C(C)(C)C)cn1.CC(Br)C(=O)c1cnc(NC(=O)C(C)(C)C)cn1.CC(C)(C)C(=O)Nc1cnc(Br)cn1.CC(C)(C)C(=O)Nc1cnc(C(=O)CBr)cn1.CCC(=O)c1cnc(NC(=O)C(C)(C)C)cn1.COC(=O)c1cnc(NC(=O)C(C)(C)C)cn1.ClCCl.ClCCl.Nc1cnc(Br)cn1. The summed E-state index contributed by atoms with van der Waals surface area (Å²) in [5.74, 6) is -0.285. The molecule has 7 aromatic rings. The van der Waals surface area contributed by atoms with Crippen LogP contribution in [0.3, 0.4) is 0 Å². The highest BCUT2D eigenvalue weighted by atomic mass is 79.9. The van der Waals surface area contributed by atoms with Crippen molar-refractivity contribution in [3.63, 3.8) is 0 Å². The molecule has 1 unspecified atom stereocenters. The number of nitrogens with one attached hydrogen (secondary N) is 6. The third kappa shape index (κ3) is 54.6. The quantitative estimate of drug-likeness (QED) is 0.0268. The molecule has 0 spiro atoms. The molecule has 6 amide bonds. The average molecular weight is 2070 g/mol. The van der Waals surface area contributed by atoms with Crippen LogP contribution in [0.15, 0.2) is 96.0 Å². The second-order valence-corrected chi connectivity index (χ2v) is 35.9. The third-order valence-corrected chi connectivity index (χ3v) is 15.3. The second-order valence-electron chi connectivity index (χ2n) is 30.7. The van der Waals surface area contributed by atoms with Crippen LogP contribution in [-0.2, 0) is 47.8 Å². The van der Waals surface area contributed by atoms with Gasteiger partial charge in [-0.3, -0.25) is 52.7 Å². The molecule has 1 fully saturated rings. The molecule has 0 saturated carbocycles. The molecule has 0 radical (unpaired) electrons. The lowest BCUT2D eigenvalue weighted by atomic mass is 9.96. The van der Waals surface area contributed by atoms with Crippen molar-refractivity contribution < 1.29 is 71.7 Å². The van der Waals surface area contributed by atoms with E-state index in [1.54, 1.807) is 103 Å². The summed E-state index contributed by atoms with van der Waals surface area (Å²) in [7, 11) is 1.26. The van der Waals surface area contributed by atoms with Crippen molar-refractivity contribution in [1.82, 2.24) is 69.8 Å². The molecule has 0 aliphatic carbocycles. The minimum Gasteiger partial charge on any atom is -0.464 e. The van der Waals surface area contributed by atoms with Crippen LogP contribution in [0.4, 0.5) is 40.7 Å². The molecule has 44 heteroatoms. The number of methoxy groups -OCH3 is 1. The number of esters is 2. The first-order valence-electron chi connectivity index (χ1n) is 36.5. The number of alkyl halides is 6. The Hall–Kier alpha value is -9.16. The number of nitrogen functional groups attached to an aromatic ring is 1. The van der Waals surface area contributed by atoms with Gasteiger partial charge in [0.2, 0.25) is 41.2 Å². The minimum atomic E-state index is -0.564. The van der Waals surface area contributed by atoms with E-state index in [1.807, 2.05) is 41.5 Å². The highest BCUT2D eigenvalue weighted by Crippen LogP contribution is 2.22. The number of Topliss-reactive ketones (excluding diaryl/α,β-unsaturated/α-hetero) is 4. The van der Waals surface area contributed by atoms with E-state index in [1.165, 1.54) is 107 Å². The van der Waals surface area contributed by atoms with E-state index in [0.29, 0.717) is 56.2 Å². The molecular formula is C80H115Br4Cl4N21O15. The number of rotatable bonds is 16. The number of nitrogens with two attached hydrogens (primary N) is 1. The lowest BCUT2D eigenvalue weighted by Gasteiger charge is -2.16. The van der Waals surface area contributed by atoms with Crippen molar-refractivity contribution in [2.75, 3.05) is 80.6 Å². The first kappa shape index (κ1) is 121. The summed E-state index contributed by atoms with van der Waals surface area (Å²) in [5, 5.41) is 16.4. The topological polar surface area (TPSA) is 511 Å². The maximum absolute atomic E-state index is 11.7. The Balaban J connectivity index is -0.000000666. The Labute approximate surface area is 778 Å². The van der Waals surface area contributed by atoms with E-state index < -0.39 is 50.2 Å². The van der Waals surface area contributed by atoms with Gasteiger partial charge in [0, 0.05) is 59.0 Å². The van der Waals surface area contributed by atoms with Crippen molar-refractivity contribution in [3.05, 3.63) is 124 Å². The number of aromatic nitrogens is 14. The molecule has 0 bridgehead atoms. The molecule has 1 saturated heterocycles. The highest BCUT2D eigenvalue weighted by molar-refractivity contribution is 9.10. The predicted octanol–water partition coefficient (Wildman–Crippen LogP) is 16.9. The Bertz CT molecular complexity index is 4190. The zero-order valence-electron chi connectivity index (χ0n) is 72.0. The maximum Gasteiger partial charge on any atom is 0.358 e. The van der Waals surface area contributed by atoms with E-state index in [0.717, 1.165) is 13.2 Å². The molecule has 0 aromatic carbocycles. The number of amides is 6. The molecular weight excluding hydrogens is 1960 g/mol. The number of halogens is 8. The molecule has 686 valence electrons. The normalized spacial score (nSPS) is 11.2. The Kier molecular flexibility index (Phi) is 59.8. The van der Waals surface area contributed by atoms with E-state index in [2.05, 4.69) is 175 Å². The summed E-state index contributed by atoms with van der Waals surface area (Å²) in [6.07, 6.45) is 22.4. The van der Waals surface area contributed by atoms with Gasteiger partial charge in [-0.1, -0.05) is 178 Å². The van der Waals surface area contributed by atoms with Gasteiger partial charge in [0.1, 0.15) is 37.8 Å². The fourth-order valence-corrected chi connectivity index (χ4v) is 7.39. The van der Waals surface area contributed by atoms with Crippen molar-refractivity contribution in [2.24, 2.45) is 32.5 Å². The lowest BCUT2D eigenvalue weighted by Crippen LogP contribution is -2.28. The van der Waals surface area contributed by atoms with Crippen LogP contribution in [0, 0.1) is 32.5 Å². The molecule has 7 aromatic heterocycles. The number of ketones is 4. The standard InChI is InChI=1S/C13H17N3O4.C12H16BrN3O2.C12H17N3O2.C11H14BrN3O2.C11H15N3O3.C9H12BrN3O.C4H4BrN3.C4H8O.2CH2Cl2.2CH4/c1-8(17)20-7-10(18)9-5-15-11(6-14-9)16-12(19)13(2,3)4;1-7(13)10(17)8-5-15-9(6-14-8)16-11(18)12(2,3)4;1-5-9(16)8-6-14-10(7-13-8)15-11(17)12(2,3)4;1-11(2,3)10(17)15-9-6-13-7(5-14-9)8(16)4-12;1-11(2,3)10(16)14-8-6-12-7(5-13-8)9(15)17-4;1-9(2,3)8(14)13-7-5-11-6(10)4-12-7;5-3-1-8-4(6)2-7-3;1-2-4-5-3-1;2*2-1-3;;/h5-6H,7H2,1-4H3,(H,15,16,19);5-7H,1-4H3,(H,15,16,18);6-7H,5H2,1-4H3,(H,14,15,17);5-6H,4H2,1-3H3,(H,14,15,17);5-6H,1-4H3,(H,13,14,16);4-5H,1-3H3,(H,12,13,14);1-2H,(H2,6,8);1-4H2;2*1H2;2*1H4. The van der Waals surface area contributed by atoms with Gasteiger partial charge in [-0.2, -0.15) is 0 Å². The number of hydrogen-bond acceptors (Lipinski definition) is 30. The molecule has 1 aliphatic rings. The van der Waals surface area contributed by atoms with E-state index in [-0.39, 0.29) is 124 Å². The van der Waals surface area contributed by atoms with Gasteiger partial charge >= 0.3 is 11.9 Å². The number of ether oxygens (including phenoxy) is 3. The second kappa shape index (κ2) is 61.2. The zero-order valence-corrected chi connectivity index (χ0v) is 81.4. The minimum absolute atomic E-state index is 0. The van der Waals surface area contributed by atoms with E-state index in [9.17, 15) is 57.5 Å². The van der Waals surface area contributed by atoms with Crippen LogP contribution in [0.25, 0.3) is 0 Å². The van der Waals surface area contributed by atoms with Gasteiger partial charge < -0.3 is 51.8 Å². The van der Waals surface area contributed by atoms with Gasteiger partial charge in [-0.05, 0) is 51.6 Å². The van der Waals surface area contributed by atoms with Gasteiger partial charge in [0.05, 0.1) is 115 Å². The van der Waals surface area contributed by atoms with Crippen LogP contribution in [-0.4, -0.2) is 188 Å². The van der Waals surface area contributed by atoms with Crippen molar-refractivity contribution in [1.29, 1.82) is 0 Å². The third-order valence-electron chi connectivity index (χ3n) is 13.6. The molecule has 1 aliphatic heterocycles. The smallest absolute Gasteiger partial charge is 0.358 e. The van der Waals surface area contributed by atoms with Gasteiger partial charge in [0.15, 0.2) is 64.6 Å². The number of anilines is 7. The number of carbonyl (C=O) groups excluding carboxylic acids is 12. The molecule has 1 atom stereocenters. The fourth-order valence-electron chi connectivity index (χ4n) is 6.46. The molecule has 8 N–H and O–H groups in total. The molecule has 124 heavy (non-hydrogen) atoms. The summed E-state index contributed by atoms with van der Waals surface area (Å²) in [4.78, 5) is 192. The summed E-state index contributed by atoms with van der Waals surface area (Å²) in [6, 6.07) is 0. The van der Waals surface area contributed by atoms with E-state index >= 15 is 0 Å². The monoisotopic (exact) mass is 2070 g/mol.